The molecule has 0 aliphatic heterocycles. The zero-order valence-corrected chi connectivity index (χ0v) is 7.91. The molecule has 3 nitrogen and oxygen atoms in total. The summed E-state index contributed by atoms with van der Waals surface area (Å²) >= 11 is -1.53. The fourth-order valence-corrected chi connectivity index (χ4v) is 0.589. The molecule has 0 N–H and O–H groups in total. The van der Waals surface area contributed by atoms with Gasteiger partial charge in [0, 0.05) is 0 Å². The first-order valence-corrected chi connectivity index (χ1v) is 4.32. The Bertz CT molecular complexity index is 172. The third-order valence-corrected chi connectivity index (χ3v) is 1.48. The predicted octanol–water partition coefficient (Wildman–Crippen LogP) is 0.883. The van der Waals surface area contributed by atoms with E-state index < -0.39 is 11.4 Å². The molecule has 0 fully saturated rings. The summed E-state index contributed by atoms with van der Waals surface area (Å²) < 4.78 is 18.1. The van der Waals surface area contributed by atoms with E-state index in [1.807, 2.05) is 37.0 Å². The topological polar surface area (TPSA) is 35.5 Å². The van der Waals surface area contributed by atoms with Gasteiger partial charge in [-0.3, -0.25) is 8.37 Å². The van der Waals surface area contributed by atoms with Crippen molar-refractivity contribution < 1.29 is 12.6 Å². The molecule has 1 aromatic heterocycles. The van der Waals surface area contributed by atoms with Crippen LogP contribution in [-0.2, 0) is 19.7 Å². The second-order valence-electron chi connectivity index (χ2n) is 1.69. The van der Waals surface area contributed by atoms with E-state index in [2.05, 4.69) is 8.37 Å². The first-order valence-electron chi connectivity index (χ1n) is 3.32. The van der Waals surface area contributed by atoms with E-state index in [1.54, 1.807) is 0 Å². The molecule has 0 spiro atoms. The summed E-state index contributed by atoms with van der Waals surface area (Å²) in [5.41, 5.74) is 0. The molecule has 66 valence electrons. The van der Waals surface area contributed by atoms with Crippen molar-refractivity contribution in [3.05, 3.63) is 30.1 Å². The molecule has 1 heterocycles. The molecule has 12 heavy (non-hydrogen) atoms. The molecule has 0 unspecified atom stereocenters. The van der Waals surface area contributed by atoms with Crippen molar-refractivity contribution in [2.45, 2.75) is 0 Å². The summed E-state index contributed by atoms with van der Waals surface area (Å²) in [4.78, 5) is 0. The summed E-state index contributed by atoms with van der Waals surface area (Å²) in [5.74, 6) is 4.00. The van der Waals surface area contributed by atoms with Gasteiger partial charge >= 0.3 is 48.4 Å². The predicted molar refractivity (Wildman–Crippen MR) is 49.9 cm³/mol. The fraction of sp³-hybridized carbons (Fsp3) is 0.286. The summed E-state index contributed by atoms with van der Waals surface area (Å²) in [6, 6.07) is 6.00. The average molecular weight is 186 g/mol. The first kappa shape index (κ1) is 11.5. The SMILES string of the molecule is COS(=O)OC.b1ccccc1. The van der Waals surface area contributed by atoms with Crippen LogP contribution in [-0.4, -0.2) is 25.3 Å². The first-order chi connectivity index (χ1) is 5.81. The van der Waals surface area contributed by atoms with Crippen LogP contribution in [0.2, 0.25) is 0 Å². The van der Waals surface area contributed by atoms with Crippen LogP contribution in [0.4, 0.5) is 0 Å². The third-order valence-electron chi connectivity index (χ3n) is 0.939. The fourth-order valence-electron chi connectivity index (χ4n) is 0.453. The molecule has 5 heteroatoms. The van der Waals surface area contributed by atoms with Crippen LogP contribution in [0.1, 0.15) is 0 Å². The van der Waals surface area contributed by atoms with Crippen molar-refractivity contribution >= 4 is 18.3 Å². The van der Waals surface area contributed by atoms with Crippen molar-refractivity contribution in [3.8, 4) is 0 Å². The molecular weight excluding hydrogens is 175 g/mol. The Labute approximate surface area is 75.8 Å². The van der Waals surface area contributed by atoms with Gasteiger partial charge in [0.05, 0.1) is 14.2 Å². The van der Waals surface area contributed by atoms with Crippen molar-refractivity contribution in [1.29, 1.82) is 0 Å². The average Bonchev–Trinajstić information content (AvgIpc) is 2.20. The van der Waals surface area contributed by atoms with E-state index in [4.69, 9.17) is 0 Å². The van der Waals surface area contributed by atoms with E-state index >= 15 is 0 Å². The van der Waals surface area contributed by atoms with Crippen LogP contribution in [0.5, 0.6) is 0 Å². The molecule has 0 saturated heterocycles. The molecule has 0 saturated carbocycles. The Balaban J connectivity index is 0.000000202. The maximum absolute atomic E-state index is 9.85. The third kappa shape index (κ3) is 7.59. The number of rotatable bonds is 2. The monoisotopic (exact) mass is 186 g/mol. The zero-order chi connectivity index (χ0) is 9.23. The Morgan fingerprint density at radius 3 is 1.67 bits per heavy atom. The molecule has 0 aliphatic rings. The van der Waals surface area contributed by atoms with E-state index in [1.165, 1.54) is 14.2 Å². The van der Waals surface area contributed by atoms with Gasteiger partial charge in [-0.15, -0.1) is 0 Å². The van der Waals surface area contributed by atoms with Crippen LogP contribution in [0, 0.1) is 0 Å². The Hall–Kier alpha value is -0.515. The van der Waals surface area contributed by atoms with Crippen LogP contribution < -0.4 is 0 Å². The molecular formula is C7H11BO3S. The molecule has 0 aromatic carbocycles. The number of hydrogen-bond donors (Lipinski definition) is 0. The summed E-state index contributed by atoms with van der Waals surface area (Å²) in [5, 5.41) is 0. The van der Waals surface area contributed by atoms with Gasteiger partial charge < -0.3 is 0 Å². The summed E-state index contributed by atoms with van der Waals surface area (Å²) in [7, 11) is 2.61. The van der Waals surface area contributed by atoms with Crippen LogP contribution in [0.15, 0.2) is 30.1 Å². The van der Waals surface area contributed by atoms with Crippen LogP contribution in [0.25, 0.3) is 0 Å². The van der Waals surface area contributed by atoms with Gasteiger partial charge in [-0.25, -0.2) is 0 Å². The van der Waals surface area contributed by atoms with E-state index in [0.717, 1.165) is 0 Å². The van der Waals surface area contributed by atoms with Crippen molar-refractivity contribution in [3.63, 3.8) is 0 Å². The van der Waals surface area contributed by atoms with Crippen molar-refractivity contribution in [2.75, 3.05) is 14.2 Å². The van der Waals surface area contributed by atoms with Crippen LogP contribution >= 0.6 is 0 Å². The van der Waals surface area contributed by atoms with Gasteiger partial charge in [0.1, 0.15) is 0 Å². The van der Waals surface area contributed by atoms with Crippen molar-refractivity contribution in [2.24, 2.45) is 0 Å². The van der Waals surface area contributed by atoms with Gasteiger partial charge in [-0.05, 0) is 0 Å². The standard InChI is InChI=1S/C5H5B.C2H6O3S/c1-2-4-6-5-3-1;1-4-6(3)5-2/h1-5H;1-2H3. The molecule has 1 rings (SSSR count). The van der Waals surface area contributed by atoms with Gasteiger partial charge in [0.15, 0.2) is 0 Å². The van der Waals surface area contributed by atoms with Gasteiger partial charge in [0.2, 0.25) is 0 Å². The van der Waals surface area contributed by atoms with Crippen LogP contribution in [0.3, 0.4) is 0 Å². The van der Waals surface area contributed by atoms with Gasteiger partial charge in [-0.2, -0.15) is 4.21 Å². The minimum absolute atomic E-state index is 1.31. The van der Waals surface area contributed by atoms with E-state index in [9.17, 15) is 4.21 Å². The minimum atomic E-state index is -1.53. The maximum atomic E-state index is 9.85. The quantitative estimate of drug-likeness (QED) is 0.687. The normalized spacial score (nSPS) is 8.58. The second kappa shape index (κ2) is 8.58. The molecule has 1 aromatic rings. The molecule has 0 radical (unpaired) electrons. The molecule has 0 bridgehead atoms. The van der Waals surface area contributed by atoms with Gasteiger partial charge in [-0.1, -0.05) is 0 Å². The van der Waals surface area contributed by atoms with E-state index in [0.29, 0.717) is 0 Å². The zero-order valence-electron chi connectivity index (χ0n) is 7.10. The number of hydrogen-bond acceptors (Lipinski definition) is 3. The second-order valence-corrected chi connectivity index (χ2v) is 2.77. The molecule has 0 aliphatic carbocycles. The Morgan fingerprint density at radius 1 is 1.08 bits per heavy atom. The van der Waals surface area contributed by atoms with Crippen molar-refractivity contribution in [1.82, 2.24) is 0 Å². The summed E-state index contributed by atoms with van der Waals surface area (Å²) in [6.07, 6.45) is 0. The Morgan fingerprint density at radius 2 is 1.58 bits per heavy atom. The molecule has 0 atom stereocenters. The Kier molecular flexibility index (Phi) is 8.21. The van der Waals surface area contributed by atoms with E-state index in [-0.39, 0.29) is 0 Å². The van der Waals surface area contributed by atoms with Gasteiger partial charge in [0.25, 0.3) is 0 Å². The molecule has 0 amide bonds. The summed E-state index contributed by atoms with van der Waals surface area (Å²) in [6.45, 7) is 2.00.